The second-order valence-corrected chi connectivity index (χ2v) is 7.37. The minimum atomic E-state index is 0.714. The van der Waals surface area contributed by atoms with Crippen LogP contribution in [0.5, 0.6) is 0 Å². The van der Waals surface area contributed by atoms with Gasteiger partial charge in [0.2, 0.25) is 0 Å². The summed E-state index contributed by atoms with van der Waals surface area (Å²) in [5.41, 5.74) is 29.6. The maximum atomic E-state index is 5.64. The number of rotatable bonds is 5. The lowest BCUT2D eigenvalue weighted by molar-refractivity contribution is 0.961. The van der Waals surface area contributed by atoms with Crippen LogP contribution in [0.3, 0.4) is 0 Å². The fraction of sp³-hybridized carbons (Fsp3) is 0.0769. The maximum Gasteiger partial charge on any atom is 0.0858 e. The quantitative estimate of drug-likeness (QED) is 0.235. The van der Waals surface area contributed by atoms with Crippen molar-refractivity contribution in [1.82, 2.24) is 0 Å². The fourth-order valence-corrected chi connectivity index (χ4v) is 2.85. The molecule has 8 N–H and O–H groups in total. The van der Waals surface area contributed by atoms with Crippen molar-refractivity contribution in [2.45, 2.75) is 12.8 Å². The topological polar surface area (TPSA) is 129 Å². The van der Waals surface area contributed by atoms with Crippen LogP contribution in [0.25, 0.3) is 0 Å². The Balaban J connectivity index is 0.000000181. The third kappa shape index (κ3) is 7.50. The second-order valence-electron chi connectivity index (χ2n) is 7.37. The first-order chi connectivity index (χ1) is 15.5. The highest BCUT2D eigenvalue weighted by molar-refractivity contribution is 5.50. The molecule has 4 rings (SSSR count). The van der Waals surface area contributed by atoms with E-state index in [0.717, 1.165) is 35.6 Å². The molecular formula is C26H28N6. The zero-order chi connectivity index (χ0) is 22.8. The van der Waals surface area contributed by atoms with Crippen molar-refractivity contribution in [2.75, 3.05) is 22.9 Å². The molecule has 0 amide bonds. The van der Waals surface area contributed by atoms with Crippen LogP contribution in [0.15, 0.2) is 107 Å². The molecular weight excluding hydrogens is 396 g/mol. The van der Waals surface area contributed by atoms with Gasteiger partial charge in [-0.2, -0.15) is 10.2 Å². The van der Waals surface area contributed by atoms with E-state index < -0.39 is 0 Å². The maximum absolute atomic E-state index is 5.64. The molecule has 0 unspecified atom stereocenters. The molecule has 0 radical (unpaired) electrons. The van der Waals surface area contributed by atoms with Crippen molar-refractivity contribution in [3.05, 3.63) is 108 Å². The fourth-order valence-electron chi connectivity index (χ4n) is 2.85. The van der Waals surface area contributed by atoms with Crippen LogP contribution in [-0.4, -0.2) is 0 Å². The number of azo groups is 1. The largest absolute Gasteiger partial charge is 0.399 e. The van der Waals surface area contributed by atoms with Gasteiger partial charge in [0.15, 0.2) is 0 Å². The van der Waals surface area contributed by atoms with Crippen molar-refractivity contribution in [2.24, 2.45) is 10.2 Å². The van der Waals surface area contributed by atoms with Crippen molar-refractivity contribution < 1.29 is 0 Å². The number of benzene rings is 4. The van der Waals surface area contributed by atoms with E-state index in [1.165, 1.54) is 11.1 Å². The molecule has 0 saturated heterocycles. The SMILES string of the molecule is Nc1ccc(CCc2ccc(N)cc2)cc1.Nc1ccc(N=Nc2ccc(N)cc2)cc1. The molecule has 0 spiro atoms. The first-order valence-corrected chi connectivity index (χ1v) is 10.3. The molecule has 0 bridgehead atoms. The van der Waals surface area contributed by atoms with Gasteiger partial charge in [0.05, 0.1) is 11.4 Å². The van der Waals surface area contributed by atoms with Gasteiger partial charge in [0.1, 0.15) is 0 Å². The summed E-state index contributed by atoms with van der Waals surface area (Å²) in [5, 5.41) is 8.15. The Bertz CT molecular complexity index is 1020. The van der Waals surface area contributed by atoms with Gasteiger partial charge < -0.3 is 22.9 Å². The number of nitrogens with two attached hydrogens (primary N) is 4. The molecule has 4 aromatic rings. The van der Waals surface area contributed by atoms with Gasteiger partial charge in [-0.3, -0.25) is 0 Å². The van der Waals surface area contributed by atoms with Crippen LogP contribution in [-0.2, 0) is 12.8 Å². The summed E-state index contributed by atoms with van der Waals surface area (Å²) in [7, 11) is 0. The second kappa shape index (κ2) is 11.2. The highest BCUT2D eigenvalue weighted by atomic mass is 15.1. The van der Waals surface area contributed by atoms with Crippen molar-refractivity contribution in [3.63, 3.8) is 0 Å². The van der Waals surface area contributed by atoms with E-state index in [1.807, 2.05) is 48.5 Å². The lowest BCUT2D eigenvalue weighted by atomic mass is 10.0. The summed E-state index contributed by atoms with van der Waals surface area (Å²) in [6.07, 6.45) is 2.06. The number of anilines is 4. The molecule has 4 aromatic carbocycles. The van der Waals surface area contributed by atoms with Crippen LogP contribution in [0.4, 0.5) is 34.1 Å². The number of nitrogen functional groups attached to an aromatic ring is 4. The van der Waals surface area contributed by atoms with E-state index in [2.05, 4.69) is 34.5 Å². The Labute approximate surface area is 188 Å². The molecule has 0 atom stereocenters. The number of hydrogen-bond acceptors (Lipinski definition) is 6. The van der Waals surface area contributed by atoms with Gasteiger partial charge in [-0.05, 0) is 96.8 Å². The molecule has 0 aliphatic rings. The Hall–Kier alpha value is -4.32. The molecule has 0 heterocycles. The van der Waals surface area contributed by atoms with Crippen LogP contribution in [0.2, 0.25) is 0 Å². The van der Waals surface area contributed by atoms with E-state index in [4.69, 9.17) is 22.9 Å². The monoisotopic (exact) mass is 424 g/mol. The predicted molar refractivity (Wildman–Crippen MR) is 135 cm³/mol. The third-order valence-electron chi connectivity index (χ3n) is 4.73. The molecule has 0 aliphatic carbocycles. The average molecular weight is 425 g/mol. The third-order valence-corrected chi connectivity index (χ3v) is 4.73. The standard InChI is InChI=1S/C14H16N2.C12H12N4/c15-13-7-3-11(4-8-13)1-2-12-5-9-14(16)10-6-12;13-9-1-5-11(6-2-9)15-16-12-7-3-10(14)4-8-12/h3-10H,1-2,15-16H2;1-8H,13-14H2. The lowest BCUT2D eigenvalue weighted by Crippen LogP contribution is -1.93. The number of hydrogen-bond donors (Lipinski definition) is 4. The van der Waals surface area contributed by atoms with Gasteiger partial charge >= 0.3 is 0 Å². The van der Waals surface area contributed by atoms with Crippen LogP contribution >= 0.6 is 0 Å². The van der Waals surface area contributed by atoms with Crippen molar-refractivity contribution in [1.29, 1.82) is 0 Å². The number of aryl methyl sites for hydroxylation is 2. The van der Waals surface area contributed by atoms with Crippen LogP contribution < -0.4 is 22.9 Å². The molecule has 0 aliphatic heterocycles. The summed E-state index contributed by atoms with van der Waals surface area (Å²) in [5.74, 6) is 0. The zero-order valence-electron chi connectivity index (χ0n) is 17.9. The Kier molecular flexibility index (Phi) is 7.81. The van der Waals surface area contributed by atoms with E-state index in [0.29, 0.717) is 11.4 Å². The van der Waals surface area contributed by atoms with E-state index in [9.17, 15) is 0 Å². The molecule has 162 valence electrons. The Morgan fingerprint density at radius 2 is 0.625 bits per heavy atom. The molecule has 0 aromatic heterocycles. The highest BCUT2D eigenvalue weighted by Crippen LogP contribution is 2.20. The molecule has 6 nitrogen and oxygen atoms in total. The normalized spacial score (nSPS) is 10.5. The van der Waals surface area contributed by atoms with Gasteiger partial charge in [-0.1, -0.05) is 24.3 Å². The summed E-state index contributed by atoms with van der Waals surface area (Å²) < 4.78 is 0. The summed E-state index contributed by atoms with van der Waals surface area (Å²) in [4.78, 5) is 0. The van der Waals surface area contributed by atoms with Gasteiger partial charge in [0, 0.05) is 22.7 Å². The Morgan fingerprint density at radius 1 is 0.375 bits per heavy atom. The van der Waals surface area contributed by atoms with Crippen LogP contribution in [0, 0.1) is 0 Å². The Morgan fingerprint density at radius 3 is 0.906 bits per heavy atom. The van der Waals surface area contributed by atoms with Gasteiger partial charge in [-0.25, -0.2) is 0 Å². The molecule has 0 fully saturated rings. The van der Waals surface area contributed by atoms with E-state index >= 15 is 0 Å². The summed E-state index contributed by atoms with van der Waals surface area (Å²) >= 11 is 0. The molecule has 0 saturated carbocycles. The molecule has 6 heteroatoms. The number of nitrogens with zero attached hydrogens (tertiary/aromatic N) is 2. The van der Waals surface area contributed by atoms with Gasteiger partial charge in [-0.15, -0.1) is 0 Å². The predicted octanol–water partition coefficient (Wildman–Crippen LogP) is 5.90. The highest BCUT2D eigenvalue weighted by Gasteiger charge is 1.96. The smallest absolute Gasteiger partial charge is 0.0858 e. The minimum absolute atomic E-state index is 0.714. The summed E-state index contributed by atoms with van der Waals surface area (Å²) in [6.45, 7) is 0. The first-order valence-electron chi connectivity index (χ1n) is 10.3. The van der Waals surface area contributed by atoms with Gasteiger partial charge in [0.25, 0.3) is 0 Å². The van der Waals surface area contributed by atoms with Crippen molar-refractivity contribution in [3.8, 4) is 0 Å². The minimum Gasteiger partial charge on any atom is -0.399 e. The van der Waals surface area contributed by atoms with Crippen molar-refractivity contribution >= 4 is 34.1 Å². The van der Waals surface area contributed by atoms with E-state index in [-0.39, 0.29) is 0 Å². The zero-order valence-corrected chi connectivity index (χ0v) is 17.9. The first kappa shape index (κ1) is 22.4. The van der Waals surface area contributed by atoms with E-state index in [1.54, 1.807) is 24.3 Å². The lowest BCUT2D eigenvalue weighted by Gasteiger charge is -2.03. The molecule has 32 heavy (non-hydrogen) atoms. The summed E-state index contributed by atoms with van der Waals surface area (Å²) in [6, 6.07) is 30.5. The average Bonchev–Trinajstić information content (AvgIpc) is 2.81. The van der Waals surface area contributed by atoms with Crippen LogP contribution in [0.1, 0.15) is 11.1 Å².